The molecule has 6 heteroatoms. The second-order valence-electron chi connectivity index (χ2n) is 6.19. The van der Waals surface area contributed by atoms with Crippen molar-refractivity contribution in [2.45, 2.75) is 36.5 Å². The van der Waals surface area contributed by atoms with Crippen LogP contribution in [0.5, 0.6) is 0 Å². The van der Waals surface area contributed by atoms with Gasteiger partial charge in [0.25, 0.3) is 0 Å². The number of hydrogen-bond donors (Lipinski definition) is 1. The molecule has 1 aliphatic rings. The van der Waals surface area contributed by atoms with Crippen molar-refractivity contribution in [3.8, 4) is 0 Å². The first kappa shape index (κ1) is 14.7. The molecule has 4 rings (SSSR count). The van der Waals surface area contributed by atoms with Gasteiger partial charge in [-0.1, -0.05) is 26.0 Å². The number of hydrogen-bond acceptors (Lipinski definition) is 5. The zero-order chi connectivity index (χ0) is 16.0. The molecule has 1 aliphatic heterocycles. The van der Waals surface area contributed by atoms with Gasteiger partial charge in [-0.25, -0.2) is 0 Å². The smallest absolute Gasteiger partial charge is 0.177 e. The Morgan fingerprint density at radius 1 is 1.22 bits per heavy atom. The van der Waals surface area contributed by atoms with Gasteiger partial charge in [-0.05, 0) is 41.2 Å². The van der Waals surface area contributed by atoms with Gasteiger partial charge < -0.3 is 5.73 Å². The van der Waals surface area contributed by atoms with Gasteiger partial charge in [0.2, 0.25) is 0 Å². The van der Waals surface area contributed by atoms with Crippen molar-refractivity contribution in [1.29, 1.82) is 0 Å². The number of nitrogens with zero attached hydrogens (tertiary/aromatic N) is 4. The summed E-state index contributed by atoms with van der Waals surface area (Å²) in [5, 5.41) is 12.9. The van der Waals surface area contributed by atoms with Gasteiger partial charge >= 0.3 is 0 Å². The molecular weight excluding hydrogens is 306 g/mol. The lowest BCUT2D eigenvalue weighted by molar-refractivity contribution is 0.460. The predicted molar refractivity (Wildman–Crippen MR) is 91.4 cm³/mol. The van der Waals surface area contributed by atoms with Crippen LogP contribution in [0.1, 0.15) is 36.7 Å². The first-order valence-corrected chi connectivity index (χ1v) is 8.72. The molecule has 1 aromatic carbocycles. The highest BCUT2D eigenvalue weighted by molar-refractivity contribution is 8.00. The summed E-state index contributed by atoms with van der Waals surface area (Å²) in [6.07, 6.45) is 2.47. The molecule has 0 radical (unpaired) electrons. The summed E-state index contributed by atoms with van der Waals surface area (Å²) in [4.78, 5) is 1.29. The second kappa shape index (κ2) is 5.62. The Morgan fingerprint density at radius 2 is 2.09 bits per heavy atom. The molecule has 3 heterocycles. The van der Waals surface area contributed by atoms with E-state index in [2.05, 4.69) is 47.3 Å². The number of nitrogens with two attached hydrogens (primary N) is 1. The normalized spacial score (nSPS) is 23.9. The number of fused-ring (bicyclic) bond motifs is 2. The Morgan fingerprint density at radius 3 is 2.96 bits per heavy atom. The van der Waals surface area contributed by atoms with E-state index in [1.54, 1.807) is 22.5 Å². The Hall–Kier alpha value is -1.92. The minimum atomic E-state index is 0.156. The Kier molecular flexibility index (Phi) is 3.58. The van der Waals surface area contributed by atoms with Crippen molar-refractivity contribution in [2.24, 2.45) is 11.7 Å². The lowest BCUT2D eigenvalue weighted by Crippen LogP contribution is -2.31. The Balaban J connectivity index is 1.67. The molecule has 0 fully saturated rings. The third kappa shape index (κ3) is 2.52. The fraction of sp³-hybridized carbons (Fsp3) is 0.353. The summed E-state index contributed by atoms with van der Waals surface area (Å²) in [6, 6.07) is 10.4. The molecule has 2 aromatic heterocycles. The van der Waals surface area contributed by atoms with Crippen molar-refractivity contribution in [3.05, 3.63) is 53.5 Å². The molecule has 0 saturated heterocycles. The number of rotatable bonds is 2. The van der Waals surface area contributed by atoms with E-state index >= 15 is 0 Å². The number of benzene rings is 1. The van der Waals surface area contributed by atoms with E-state index in [9.17, 15) is 0 Å². The van der Waals surface area contributed by atoms with Crippen LogP contribution in [0.4, 0.5) is 0 Å². The zero-order valence-electron chi connectivity index (χ0n) is 13.2. The highest BCUT2D eigenvalue weighted by Crippen LogP contribution is 2.43. The largest absolute Gasteiger partial charge is 0.319 e. The van der Waals surface area contributed by atoms with Gasteiger partial charge in [0.1, 0.15) is 0 Å². The lowest BCUT2D eigenvalue weighted by atomic mass is 9.87. The van der Waals surface area contributed by atoms with Crippen LogP contribution >= 0.6 is 11.8 Å². The van der Waals surface area contributed by atoms with Gasteiger partial charge in [0, 0.05) is 17.5 Å². The maximum absolute atomic E-state index is 6.27. The van der Waals surface area contributed by atoms with E-state index in [0.717, 1.165) is 11.5 Å². The van der Waals surface area contributed by atoms with Gasteiger partial charge in [-0.15, -0.1) is 22.0 Å². The molecule has 118 valence electrons. The third-order valence-corrected chi connectivity index (χ3v) is 6.05. The van der Waals surface area contributed by atoms with Gasteiger partial charge in [0.15, 0.2) is 11.5 Å². The summed E-state index contributed by atoms with van der Waals surface area (Å²) >= 11 is 1.77. The first-order valence-electron chi connectivity index (χ1n) is 7.84. The highest BCUT2D eigenvalue weighted by Gasteiger charge is 2.29. The third-order valence-electron chi connectivity index (χ3n) is 4.74. The van der Waals surface area contributed by atoms with Crippen LogP contribution in [-0.2, 0) is 6.42 Å². The van der Waals surface area contributed by atoms with Crippen LogP contribution in [0.15, 0.2) is 41.4 Å². The topological polar surface area (TPSA) is 69.1 Å². The van der Waals surface area contributed by atoms with Gasteiger partial charge in [-0.3, -0.25) is 0 Å². The van der Waals surface area contributed by atoms with E-state index in [-0.39, 0.29) is 5.37 Å². The monoisotopic (exact) mass is 325 g/mol. The molecule has 0 bridgehead atoms. The fourth-order valence-electron chi connectivity index (χ4n) is 3.07. The average molecular weight is 325 g/mol. The molecular formula is C17H19N5S. The standard InChI is InChI=1S/C17H19N5S/c1-10-11(2)17(18)23-14-8-12(5-6-13(10)14)9-16-21-20-15-4-3-7-19-22(15)16/h3-8,10-11,17H,9,18H2,1-2H3/t10-,11+,17?/m0/s1. The molecule has 0 spiro atoms. The fourth-order valence-corrected chi connectivity index (χ4v) is 4.42. The van der Waals surface area contributed by atoms with Crippen LogP contribution in [0.25, 0.3) is 5.65 Å². The maximum Gasteiger partial charge on any atom is 0.177 e. The molecule has 0 aliphatic carbocycles. The zero-order valence-corrected chi connectivity index (χ0v) is 14.0. The summed E-state index contributed by atoms with van der Waals surface area (Å²) in [5.74, 6) is 1.83. The Bertz CT molecular complexity index is 859. The Labute approximate surface area is 139 Å². The highest BCUT2D eigenvalue weighted by atomic mass is 32.2. The SMILES string of the molecule is C[C@@H]1c2ccc(Cc3nnc4cccnn34)cc2SC(N)[C@@H]1C. The van der Waals surface area contributed by atoms with Crippen LogP contribution in [-0.4, -0.2) is 25.2 Å². The van der Waals surface area contributed by atoms with Crippen molar-refractivity contribution in [3.63, 3.8) is 0 Å². The molecule has 0 amide bonds. The van der Waals surface area contributed by atoms with Crippen LogP contribution in [0, 0.1) is 5.92 Å². The summed E-state index contributed by atoms with van der Waals surface area (Å²) in [5.41, 5.74) is 9.66. The predicted octanol–water partition coefficient (Wildman–Crippen LogP) is 2.85. The van der Waals surface area contributed by atoms with Crippen molar-refractivity contribution < 1.29 is 0 Å². The molecule has 3 aromatic rings. The van der Waals surface area contributed by atoms with Crippen molar-refractivity contribution >= 4 is 17.4 Å². The first-order chi connectivity index (χ1) is 11.1. The van der Waals surface area contributed by atoms with E-state index < -0.39 is 0 Å². The van der Waals surface area contributed by atoms with Crippen LogP contribution in [0.2, 0.25) is 0 Å². The number of aromatic nitrogens is 4. The van der Waals surface area contributed by atoms with Gasteiger partial charge in [-0.2, -0.15) is 9.61 Å². The quantitative estimate of drug-likeness (QED) is 0.784. The van der Waals surface area contributed by atoms with Crippen LogP contribution in [0.3, 0.4) is 0 Å². The molecule has 5 nitrogen and oxygen atoms in total. The number of thioether (sulfide) groups is 1. The molecule has 0 saturated carbocycles. The second-order valence-corrected chi connectivity index (χ2v) is 7.41. The van der Waals surface area contributed by atoms with Crippen molar-refractivity contribution in [1.82, 2.24) is 19.8 Å². The molecule has 23 heavy (non-hydrogen) atoms. The average Bonchev–Trinajstić information content (AvgIpc) is 2.96. The van der Waals surface area contributed by atoms with Gasteiger partial charge in [0.05, 0.1) is 5.37 Å². The van der Waals surface area contributed by atoms with E-state index in [0.29, 0.717) is 18.3 Å². The lowest BCUT2D eigenvalue weighted by Gasteiger charge is -2.33. The van der Waals surface area contributed by atoms with E-state index in [1.807, 2.05) is 12.1 Å². The summed E-state index contributed by atoms with van der Waals surface area (Å²) in [7, 11) is 0. The minimum absolute atomic E-state index is 0.156. The summed E-state index contributed by atoms with van der Waals surface area (Å²) in [6.45, 7) is 4.49. The maximum atomic E-state index is 6.27. The summed E-state index contributed by atoms with van der Waals surface area (Å²) < 4.78 is 1.79. The van der Waals surface area contributed by atoms with E-state index in [4.69, 9.17) is 5.73 Å². The van der Waals surface area contributed by atoms with E-state index in [1.165, 1.54) is 16.0 Å². The minimum Gasteiger partial charge on any atom is -0.319 e. The van der Waals surface area contributed by atoms with Crippen LogP contribution < -0.4 is 5.73 Å². The molecule has 3 atom stereocenters. The van der Waals surface area contributed by atoms with Crippen molar-refractivity contribution in [2.75, 3.05) is 0 Å². The molecule has 1 unspecified atom stereocenters. The molecule has 2 N–H and O–H groups in total.